The Balaban J connectivity index is 2.34. The summed E-state index contributed by atoms with van der Waals surface area (Å²) in [7, 11) is 0. The summed E-state index contributed by atoms with van der Waals surface area (Å²) in [6.45, 7) is 7.17. The van der Waals surface area contributed by atoms with Crippen molar-refractivity contribution >= 4 is 27.0 Å². The molecule has 0 spiro atoms. The van der Waals surface area contributed by atoms with E-state index in [4.69, 9.17) is 0 Å². The first-order chi connectivity index (χ1) is 8.26. The number of fused-ring (bicyclic) bond motifs is 1. The zero-order chi connectivity index (χ0) is 12.3. The van der Waals surface area contributed by atoms with E-state index in [0.717, 1.165) is 41.9 Å². The molecule has 0 aliphatic rings. The van der Waals surface area contributed by atoms with Gasteiger partial charge in [0.1, 0.15) is 5.82 Å². The van der Waals surface area contributed by atoms with Crippen LogP contribution in [0, 0.1) is 0 Å². The van der Waals surface area contributed by atoms with Gasteiger partial charge in [-0.3, -0.25) is 0 Å². The lowest BCUT2D eigenvalue weighted by molar-refractivity contribution is 0.615. The summed E-state index contributed by atoms with van der Waals surface area (Å²) in [4.78, 5) is 4.69. The van der Waals surface area contributed by atoms with E-state index in [9.17, 15) is 0 Å². The number of nitrogens with one attached hydrogen (secondary N) is 1. The summed E-state index contributed by atoms with van der Waals surface area (Å²) in [5, 5.41) is 3.41. The second-order valence-corrected chi connectivity index (χ2v) is 5.00. The van der Waals surface area contributed by atoms with Gasteiger partial charge < -0.3 is 9.88 Å². The second kappa shape index (κ2) is 5.65. The van der Waals surface area contributed by atoms with Crippen molar-refractivity contribution in [3.8, 4) is 0 Å². The molecule has 4 heteroatoms. The number of nitrogens with zero attached hydrogens (tertiary/aromatic N) is 2. The average molecular weight is 296 g/mol. The third-order valence-electron chi connectivity index (χ3n) is 2.82. The number of halogens is 1. The lowest BCUT2D eigenvalue weighted by atomic mass is 10.3. The Kier molecular flexibility index (Phi) is 4.18. The second-order valence-electron chi connectivity index (χ2n) is 4.08. The van der Waals surface area contributed by atoms with Crippen molar-refractivity contribution in [3.63, 3.8) is 0 Å². The van der Waals surface area contributed by atoms with Gasteiger partial charge in [0.2, 0.25) is 0 Å². The Morgan fingerprint density at radius 2 is 2.18 bits per heavy atom. The van der Waals surface area contributed by atoms with Gasteiger partial charge in [0.15, 0.2) is 0 Å². The van der Waals surface area contributed by atoms with Crippen LogP contribution in [0.5, 0.6) is 0 Å². The average Bonchev–Trinajstić information content (AvgIpc) is 2.66. The molecule has 2 rings (SSSR count). The van der Waals surface area contributed by atoms with E-state index in [1.54, 1.807) is 0 Å². The van der Waals surface area contributed by atoms with Gasteiger partial charge in [0.05, 0.1) is 17.6 Å². The van der Waals surface area contributed by atoms with Crippen LogP contribution in [0.3, 0.4) is 0 Å². The van der Waals surface area contributed by atoms with Gasteiger partial charge in [-0.05, 0) is 38.1 Å². The minimum Gasteiger partial charge on any atom is -0.327 e. The summed E-state index contributed by atoms with van der Waals surface area (Å²) in [6.07, 6.45) is 1.15. The zero-order valence-corrected chi connectivity index (χ0v) is 11.9. The summed E-state index contributed by atoms with van der Waals surface area (Å²) < 4.78 is 3.35. The van der Waals surface area contributed by atoms with Gasteiger partial charge in [-0.25, -0.2) is 4.98 Å². The number of imidazole rings is 1. The number of hydrogen-bond donors (Lipinski definition) is 1. The van der Waals surface area contributed by atoms with E-state index in [-0.39, 0.29) is 0 Å². The van der Waals surface area contributed by atoms with Gasteiger partial charge in [-0.1, -0.05) is 22.9 Å². The van der Waals surface area contributed by atoms with Crippen LogP contribution in [0.15, 0.2) is 22.7 Å². The molecule has 1 aromatic carbocycles. The maximum absolute atomic E-state index is 4.69. The summed E-state index contributed by atoms with van der Waals surface area (Å²) in [5.41, 5.74) is 2.28. The molecule has 1 heterocycles. The number of rotatable bonds is 5. The van der Waals surface area contributed by atoms with E-state index >= 15 is 0 Å². The van der Waals surface area contributed by atoms with Crippen molar-refractivity contribution < 1.29 is 0 Å². The Morgan fingerprint density at radius 1 is 1.35 bits per heavy atom. The van der Waals surface area contributed by atoms with Crippen molar-refractivity contribution in [2.24, 2.45) is 0 Å². The smallest absolute Gasteiger partial charge is 0.123 e. The molecule has 2 aromatic rings. The predicted octanol–water partition coefficient (Wildman–Crippen LogP) is 3.32. The molecule has 0 radical (unpaired) electrons. The minimum atomic E-state index is 0.841. The van der Waals surface area contributed by atoms with Crippen LogP contribution in [-0.2, 0) is 13.1 Å². The van der Waals surface area contributed by atoms with Crippen LogP contribution < -0.4 is 5.32 Å². The van der Waals surface area contributed by atoms with Crippen molar-refractivity contribution in [1.82, 2.24) is 14.9 Å². The number of aromatic nitrogens is 2. The maximum Gasteiger partial charge on any atom is 0.123 e. The summed E-state index contributed by atoms with van der Waals surface area (Å²) >= 11 is 3.49. The third kappa shape index (κ3) is 2.69. The lowest BCUT2D eigenvalue weighted by Crippen LogP contribution is -2.17. The van der Waals surface area contributed by atoms with E-state index in [0.29, 0.717) is 0 Å². The largest absolute Gasteiger partial charge is 0.327 e. The topological polar surface area (TPSA) is 29.9 Å². The van der Waals surface area contributed by atoms with Crippen LogP contribution in [0.1, 0.15) is 26.1 Å². The van der Waals surface area contributed by atoms with Gasteiger partial charge in [0.25, 0.3) is 0 Å². The molecule has 1 N–H and O–H groups in total. The number of hydrogen-bond acceptors (Lipinski definition) is 2. The normalized spacial score (nSPS) is 11.2. The molecule has 1 aromatic heterocycles. The fraction of sp³-hybridized carbons (Fsp3) is 0.462. The molecule has 3 nitrogen and oxygen atoms in total. The minimum absolute atomic E-state index is 0.841. The molecule has 92 valence electrons. The van der Waals surface area contributed by atoms with Crippen LogP contribution in [-0.4, -0.2) is 16.1 Å². The molecular formula is C13H18BrN3. The molecule has 17 heavy (non-hydrogen) atoms. The van der Waals surface area contributed by atoms with E-state index < -0.39 is 0 Å². The van der Waals surface area contributed by atoms with Crippen molar-refractivity contribution in [3.05, 3.63) is 28.5 Å². The van der Waals surface area contributed by atoms with Crippen LogP contribution in [0.4, 0.5) is 0 Å². The van der Waals surface area contributed by atoms with E-state index in [2.05, 4.69) is 62.8 Å². The van der Waals surface area contributed by atoms with E-state index in [1.165, 1.54) is 5.52 Å². The molecule has 0 bridgehead atoms. The first-order valence-corrected chi connectivity index (χ1v) is 6.91. The number of aryl methyl sites for hydroxylation is 1. The highest BCUT2D eigenvalue weighted by molar-refractivity contribution is 9.10. The van der Waals surface area contributed by atoms with Crippen molar-refractivity contribution in [2.75, 3.05) is 6.54 Å². The molecule has 0 saturated carbocycles. The fourth-order valence-corrected chi connectivity index (χ4v) is 2.37. The molecule has 0 unspecified atom stereocenters. The highest BCUT2D eigenvalue weighted by Gasteiger charge is 2.08. The third-order valence-corrected chi connectivity index (χ3v) is 3.31. The Labute approximate surface area is 110 Å². The quantitative estimate of drug-likeness (QED) is 0.858. The summed E-state index contributed by atoms with van der Waals surface area (Å²) in [6, 6.07) is 6.27. The molecule has 0 saturated heterocycles. The molecule has 0 amide bonds. The first kappa shape index (κ1) is 12.6. The summed E-state index contributed by atoms with van der Waals surface area (Å²) in [5.74, 6) is 1.12. The standard InChI is InChI=1S/C13H18BrN3/c1-3-7-15-9-13-16-11-8-10(14)5-6-12(11)17(13)4-2/h5-6,8,15H,3-4,7,9H2,1-2H3. The Bertz CT molecular complexity index is 505. The molecular weight excluding hydrogens is 278 g/mol. The number of benzene rings is 1. The Morgan fingerprint density at radius 3 is 2.88 bits per heavy atom. The molecule has 0 atom stereocenters. The molecule has 0 aliphatic carbocycles. The Hall–Kier alpha value is -0.870. The molecule has 0 aliphatic heterocycles. The van der Waals surface area contributed by atoms with Gasteiger partial charge in [-0.2, -0.15) is 0 Å². The van der Waals surface area contributed by atoms with Crippen molar-refractivity contribution in [2.45, 2.75) is 33.4 Å². The van der Waals surface area contributed by atoms with Gasteiger partial charge in [-0.15, -0.1) is 0 Å². The maximum atomic E-state index is 4.69. The van der Waals surface area contributed by atoms with Gasteiger partial charge >= 0.3 is 0 Å². The first-order valence-electron chi connectivity index (χ1n) is 6.11. The predicted molar refractivity (Wildman–Crippen MR) is 75.1 cm³/mol. The van der Waals surface area contributed by atoms with Crippen molar-refractivity contribution in [1.29, 1.82) is 0 Å². The zero-order valence-electron chi connectivity index (χ0n) is 10.3. The van der Waals surface area contributed by atoms with Gasteiger partial charge in [0, 0.05) is 11.0 Å². The van der Waals surface area contributed by atoms with Crippen LogP contribution in [0.2, 0.25) is 0 Å². The molecule has 0 fully saturated rings. The SMILES string of the molecule is CCCNCc1nc2cc(Br)ccc2n1CC. The van der Waals surface area contributed by atoms with Crippen LogP contribution in [0.25, 0.3) is 11.0 Å². The van der Waals surface area contributed by atoms with Crippen LogP contribution >= 0.6 is 15.9 Å². The lowest BCUT2D eigenvalue weighted by Gasteiger charge is -2.06. The van der Waals surface area contributed by atoms with E-state index in [1.807, 2.05) is 0 Å². The monoisotopic (exact) mass is 295 g/mol. The fourth-order valence-electron chi connectivity index (χ4n) is 2.02. The highest BCUT2D eigenvalue weighted by Crippen LogP contribution is 2.20. The highest BCUT2D eigenvalue weighted by atomic mass is 79.9.